The van der Waals surface area contributed by atoms with Crippen LogP contribution < -0.4 is 10.1 Å². The van der Waals surface area contributed by atoms with Crippen molar-refractivity contribution in [2.75, 3.05) is 47.0 Å². The first-order valence-corrected chi connectivity index (χ1v) is 26.1. The summed E-state index contributed by atoms with van der Waals surface area (Å²) in [6, 6.07) is 13.3. The number of nitrogens with one attached hydrogen (secondary N) is 1. The van der Waals surface area contributed by atoms with E-state index in [9.17, 15) is 24.1 Å². The Morgan fingerprint density at radius 1 is 0.885 bits per heavy atom. The van der Waals surface area contributed by atoms with E-state index < -0.39 is 47.9 Å². The minimum Gasteiger partial charge on any atom is -0.464 e. The van der Waals surface area contributed by atoms with Gasteiger partial charge in [0.05, 0.1) is 33.0 Å². The normalized spacial score (nSPS) is 13.4. The molecule has 1 unspecified atom stereocenters. The predicted molar refractivity (Wildman–Crippen MR) is 206 cm³/mol. The molecule has 2 aromatic rings. The van der Waals surface area contributed by atoms with Gasteiger partial charge in [-0.25, -0.2) is 18.8 Å². The highest BCUT2D eigenvalue weighted by Gasteiger charge is 2.33. The lowest BCUT2D eigenvalue weighted by molar-refractivity contribution is -0.145. The molecule has 0 saturated heterocycles. The van der Waals surface area contributed by atoms with E-state index in [1.165, 1.54) is 9.57 Å². The number of rotatable bonds is 22. The SMILES string of the molecule is CN(CCN(C)P(=O)(OCC[C@H](NC(=O)c1ccc(CN=[N+]=[N-])cc1)C(=O)OCC[Si](C)(C)C)OCC[Si](C)(C)C)C(=O)Oc1ccc(CO)cc1. The van der Waals surface area contributed by atoms with Crippen molar-refractivity contribution in [2.45, 2.75) is 77.0 Å². The molecule has 18 heteroatoms. The van der Waals surface area contributed by atoms with Gasteiger partial charge in [-0.1, -0.05) is 68.7 Å². The van der Waals surface area contributed by atoms with Crippen molar-refractivity contribution in [2.24, 2.45) is 5.11 Å². The van der Waals surface area contributed by atoms with Crippen LogP contribution in [-0.4, -0.2) is 102 Å². The van der Waals surface area contributed by atoms with Crippen molar-refractivity contribution < 1.29 is 42.6 Å². The summed E-state index contributed by atoms with van der Waals surface area (Å²) in [5.74, 6) is -0.841. The third kappa shape index (κ3) is 16.9. The predicted octanol–water partition coefficient (Wildman–Crippen LogP) is 6.90. The molecule has 2 rings (SSSR count). The minimum absolute atomic E-state index is 0.0526. The zero-order valence-electron chi connectivity index (χ0n) is 31.7. The molecule has 15 nitrogen and oxygen atoms in total. The van der Waals surface area contributed by atoms with Crippen molar-refractivity contribution in [3.8, 4) is 5.75 Å². The summed E-state index contributed by atoms with van der Waals surface area (Å²) in [5, 5.41) is 15.5. The van der Waals surface area contributed by atoms with Crippen LogP contribution in [0.25, 0.3) is 10.4 Å². The number of azide groups is 1. The molecule has 0 saturated carbocycles. The van der Waals surface area contributed by atoms with Gasteiger partial charge in [-0.15, -0.1) is 0 Å². The topological polar surface area (TPSA) is 193 Å². The fourth-order valence-corrected chi connectivity index (χ4v) is 7.32. The van der Waals surface area contributed by atoms with Gasteiger partial charge in [-0.2, -0.15) is 0 Å². The average Bonchev–Trinajstić information content (AvgIpc) is 3.08. The maximum atomic E-state index is 14.2. The maximum absolute atomic E-state index is 14.2. The van der Waals surface area contributed by atoms with Crippen molar-refractivity contribution in [3.05, 3.63) is 75.7 Å². The third-order valence-electron chi connectivity index (χ3n) is 7.79. The van der Waals surface area contributed by atoms with E-state index in [1.807, 2.05) is 0 Å². The second kappa shape index (κ2) is 21.2. The molecule has 0 aliphatic carbocycles. The van der Waals surface area contributed by atoms with E-state index >= 15 is 0 Å². The average molecular weight is 779 g/mol. The Balaban J connectivity index is 2.15. The van der Waals surface area contributed by atoms with Gasteiger partial charge in [-0.05, 0) is 60.1 Å². The number of benzene rings is 2. The summed E-state index contributed by atoms with van der Waals surface area (Å²) in [7, 11) is -3.90. The Bertz CT molecular complexity index is 1550. The molecule has 0 aliphatic rings. The third-order valence-corrected chi connectivity index (χ3v) is 13.2. The van der Waals surface area contributed by atoms with E-state index in [1.54, 1.807) is 62.6 Å². The highest BCUT2D eigenvalue weighted by Crippen LogP contribution is 2.51. The standard InChI is InChI=1S/C34H55N6O9PSi2/c1-39(34(44)49-30-15-11-28(26-41)12-16-30)18-19-40(2)50(45,48-22-24-52(6,7)8)47-20-17-31(33(43)46-21-23-51(3,4)5)37-32(42)29-13-9-27(10-14-29)25-36-38-35/h9-16,31,41H,17-26H2,1-8H3,(H,37,42)/t31-,50?/m0/s1. The minimum atomic E-state index is -3.94. The number of hydrogen-bond donors (Lipinski definition) is 2. The molecule has 0 aromatic heterocycles. The molecule has 2 atom stereocenters. The van der Waals surface area contributed by atoms with Crippen LogP contribution in [0.15, 0.2) is 53.6 Å². The molecule has 52 heavy (non-hydrogen) atoms. The van der Waals surface area contributed by atoms with Crippen LogP contribution in [0.1, 0.15) is 27.9 Å². The Morgan fingerprint density at radius 2 is 1.46 bits per heavy atom. The lowest BCUT2D eigenvalue weighted by Gasteiger charge is -2.29. The number of carbonyl (C=O) groups is 3. The Hall–Kier alpha value is -3.54. The highest BCUT2D eigenvalue weighted by atomic mass is 31.2. The van der Waals surface area contributed by atoms with Crippen molar-refractivity contribution in [3.63, 3.8) is 0 Å². The van der Waals surface area contributed by atoms with Gasteiger partial charge < -0.3 is 24.8 Å². The lowest BCUT2D eigenvalue weighted by Crippen LogP contribution is -2.43. The first kappa shape index (κ1) is 44.6. The first-order chi connectivity index (χ1) is 24.4. The van der Waals surface area contributed by atoms with Crippen LogP contribution in [0, 0.1) is 0 Å². The number of likely N-dealkylation sites (N-methyl/N-ethyl adjacent to an activating group) is 2. The van der Waals surface area contributed by atoms with Gasteiger partial charge in [0.1, 0.15) is 11.8 Å². The summed E-state index contributed by atoms with van der Waals surface area (Å²) >= 11 is 0. The molecule has 0 bridgehead atoms. The number of carbonyl (C=O) groups excluding carboxylic acids is 3. The fraction of sp³-hybridized carbons (Fsp3) is 0.559. The molecule has 0 radical (unpaired) electrons. The van der Waals surface area contributed by atoms with Crippen LogP contribution >= 0.6 is 7.75 Å². The monoisotopic (exact) mass is 778 g/mol. The van der Waals surface area contributed by atoms with Crippen LogP contribution in [0.3, 0.4) is 0 Å². The van der Waals surface area contributed by atoms with Crippen molar-refractivity contribution >= 4 is 41.9 Å². The molecule has 2 aromatic carbocycles. The number of hydrogen-bond acceptors (Lipinski definition) is 10. The van der Waals surface area contributed by atoms with E-state index in [2.05, 4.69) is 54.6 Å². The fourth-order valence-electron chi connectivity index (χ4n) is 4.26. The number of aliphatic hydroxyl groups excluding tert-OH is 1. The number of amides is 2. The van der Waals surface area contributed by atoms with E-state index in [-0.39, 0.29) is 58.0 Å². The van der Waals surface area contributed by atoms with Crippen LogP contribution in [-0.2, 0) is 36.3 Å². The van der Waals surface area contributed by atoms with Gasteiger partial charge >= 0.3 is 19.8 Å². The van der Waals surface area contributed by atoms with E-state index in [4.69, 9.17) is 24.1 Å². The molecular formula is C34H55N6O9PSi2. The smallest absolute Gasteiger partial charge is 0.415 e. The highest BCUT2D eigenvalue weighted by molar-refractivity contribution is 7.51. The van der Waals surface area contributed by atoms with Gasteiger partial charge in [0.2, 0.25) is 0 Å². The number of nitrogens with zero attached hydrogens (tertiary/aromatic N) is 5. The molecule has 288 valence electrons. The van der Waals surface area contributed by atoms with Crippen LogP contribution in [0.4, 0.5) is 4.79 Å². The zero-order valence-corrected chi connectivity index (χ0v) is 34.6. The Kier molecular flexibility index (Phi) is 18.2. The van der Waals surface area contributed by atoms with Crippen molar-refractivity contribution in [1.29, 1.82) is 0 Å². The first-order valence-electron chi connectivity index (χ1n) is 17.2. The van der Waals surface area contributed by atoms with E-state index in [0.29, 0.717) is 11.3 Å². The van der Waals surface area contributed by atoms with Crippen molar-refractivity contribution in [1.82, 2.24) is 14.9 Å². The summed E-state index contributed by atoms with van der Waals surface area (Å²) in [5.41, 5.74) is 10.3. The second-order valence-corrected chi connectivity index (χ2v) is 28.2. The molecule has 0 spiro atoms. The summed E-state index contributed by atoms with van der Waals surface area (Å²) in [6.45, 7) is 13.4. The summed E-state index contributed by atoms with van der Waals surface area (Å²) in [4.78, 5) is 43.2. The molecular weight excluding hydrogens is 724 g/mol. The van der Waals surface area contributed by atoms with Gasteiger partial charge in [0, 0.05) is 53.2 Å². The zero-order chi connectivity index (χ0) is 39.0. The van der Waals surface area contributed by atoms with E-state index in [0.717, 1.165) is 17.7 Å². The van der Waals surface area contributed by atoms with Crippen LogP contribution in [0.2, 0.25) is 51.4 Å². The summed E-state index contributed by atoms with van der Waals surface area (Å²) in [6.07, 6.45) is -0.680. The number of esters is 1. The van der Waals surface area contributed by atoms with Gasteiger partial charge in [0.15, 0.2) is 0 Å². The molecule has 0 fully saturated rings. The number of ether oxygens (including phenoxy) is 2. The second-order valence-electron chi connectivity index (χ2n) is 14.8. The molecule has 2 N–H and O–H groups in total. The molecule has 2 amide bonds. The lowest BCUT2D eigenvalue weighted by atomic mass is 10.1. The maximum Gasteiger partial charge on any atom is 0.415 e. The molecule has 0 aliphatic heterocycles. The largest absolute Gasteiger partial charge is 0.464 e. The molecule has 0 heterocycles. The Labute approximate surface area is 309 Å². The van der Waals surface area contributed by atoms with Gasteiger partial charge in [0.25, 0.3) is 5.91 Å². The quantitative estimate of drug-likeness (QED) is 0.0317. The van der Waals surface area contributed by atoms with Crippen LogP contribution in [0.5, 0.6) is 5.75 Å². The Morgan fingerprint density at radius 3 is 2.04 bits per heavy atom. The number of aliphatic hydroxyl groups is 1. The summed E-state index contributed by atoms with van der Waals surface area (Å²) < 4.78 is 38.5. The van der Waals surface area contributed by atoms with Gasteiger partial charge in [-0.3, -0.25) is 13.8 Å².